The van der Waals surface area contributed by atoms with Crippen molar-refractivity contribution in [3.8, 4) is 0 Å². The average Bonchev–Trinajstić information content (AvgIpc) is 2.84. The van der Waals surface area contributed by atoms with Crippen molar-refractivity contribution in [2.75, 3.05) is 20.1 Å². The number of hydrogen-bond donors (Lipinski definition) is 1. The minimum absolute atomic E-state index is 0.00431. The standard InChI is InChI=1S/C21H33NO4/c1-13(7-6-8-14(2)21(24)25)9-20(23)26-19-10-17-15(3)11-22(5)12-18(17)16(19)4/h8-9,15-19H,6-7,10-12H2,1-5H3,(H,24,25). The summed E-state index contributed by atoms with van der Waals surface area (Å²) in [6, 6.07) is 0. The highest BCUT2D eigenvalue weighted by Gasteiger charge is 2.47. The van der Waals surface area contributed by atoms with Gasteiger partial charge in [-0.05, 0) is 63.8 Å². The number of aliphatic carboxylic acids is 1. The number of ether oxygens (including phenoxy) is 1. The Bertz CT molecular complexity index is 595. The zero-order chi connectivity index (χ0) is 19.4. The number of carboxylic acid groups (broad SMARTS) is 1. The molecule has 0 aromatic carbocycles. The summed E-state index contributed by atoms with van der Waals surface area (Å²) >= 11 is 0. The quantitative estimate of drug-likeness (QED) is 0.578. The lowest BCUT2D eigenvalue weighted by Gasteiger charge is -2.38. The van der Waals surface area contributed by atoms with Gasteiger partial charge in [0.2, 0.25) is 0 Å². The van der Waals surface area contributed by atoms with Crippen LogP contribution in [0.1, 0.15) is 47.0 Å². The van der Waals surface area contributed by atoms with Crippen molar-refractivity contribution in [1.82, 2.24) is 4.90 Å². The van der Waals surface area contributed by atoms with E-state index in [0.29, 0.717) is 42.1 Å². The summed E-state index contributed by atoms with van der Waals surface area (Å²) in [4.78, 5) is 25.5. The summed E-state index contributed by atoms with van der Waals surface area (Å²) in [5.41, 5.74) is 1.25. The summed E-state index contributed by atoms with van der Waals surface area (Å²) in [5.74, 6) is 1.12. The van der Waals surface area contributed by atoms with Crippen LogP contribution in [-0.4, -0.2) is 48.2 Å². The Hall–Kier alpha value is -1.62. The predicted octanol–water partition coefficient (Wildman–Crippen LogP) is 3.51. The fourth-order valence-electron chi connectivity index (χ4n) is 4.56. The maximum absolute atomic E-state index is 12.3. The van der Waals surface area contributed by atoms with Crippen molar-refractivity contribution in [3.05, 3.63) is 23.3 Å². The van der Waals surface area contributed by atoms with Crippen LogP contribution < -0.4 is 0 Å². The van der Waals surface area contributed by atoms with Gasteiger partial charge in [-0.2, -0.15) is 0 Å². The Labute approximate surface area is 157 Å². The Balaban J connectivity index is 1.87. The van der Waals surface area contributed by atoms with E-state index in [9.17, 15) is 9.59 Å². The van der Waals surface area contributed by atoms with E-state index in [4.69, 9.17) is 9.84 Å². The third kappa shape index (κ3) is 5.19. The number of hydrogen-bond acceptors (Lipinski definition) is 4. The Morgan fingerprint density at radius 1 is 1.19 bits per heavy atom. The second kappa shape index (κ2) is 8.85. The predicted molar refractivity (Wildman–Crippen MR) is 102 cm³/mol. The second-order valence-corrected chi connectivity index (χ2v) is 8.32. The minimum atomic E-state index is -0.900. The van der Waals surface area contributed by atoms with Gasteiger partial charge in [0.25, 0.3) is 0 Å². The Morgan fingerprint density at radius 2 is 1.88 bits per heavy atom. The molecule has 0 aromatic heterocycles. The number of likely N-dealkylation sites (tertiary alicyclic amines) is 1. The minimum Gasteiger partial charge on any atom is -0.478 e. The van der Waals surface area contributed by atoms with Crippen molar-refractivity contribution < 1.29 is 19.4 Å². The van der Waals surface area contributed by atoms with Gasteiger partial charge in [-0.25, -0.2) is 9.59 Å². The van der Waals surface area contributed by atoms with Crippen molar-refractivity contribution in [2.45, 2.75) is 53.1 Å². The number of carbonyl (C=O) groups is 2. The SMILES string of the molecule is CC(=CC(=O)OC1CC2C(C)CN(C)CC2C1C)CCC=C(C)C(=O)O. The van der Waals surface area contributed by atoms with Gasteiger partial charge in [0, 0.05) is 24.7 Å². The molecule has 0 bridgehead atoms. The van der Waals surface area contributed by atoms with Gasteiger partial charge in [-0.3, -0.25) is 0 Å². The molecule has 0 amide bonds. The number of allylic oxidation sites excluding steroid dienone is 2. The summed E-state index contributed by atoms with van der Waals surface area (Å²) in [6.07, 6.45) is 5.50. The van der Waals surface area contributed by atoms with E-state index in [0.717, 1.165) is 25.1 Å². The zero-order valence-electron chi connectivity index (χ0n) is 16.7. The molecule has 5 nitrogen and oxygen atoms in total. The normalized spacial score (nSPS) is 33.0. The first kappa shape index (κ1) is 20.7. The monoisotopic (exact) mass is 363 g/mol. The maximum atomic E-state index is 12.3. The zero-order valence-corrected chi connectivity index (χ0v) is 16.7. The molecule has 0 aromatic rings. The van der Waals surface area contributed by atoms with E-state index < -0.39 is 5.97 Å². The van der Waals surface area contributed by atoms with Crippen LogP contribution in [0.2, 0.25) is 0 Å². The molecule has 0 spiro atoms. The molecule has 1 N–H and O–H groups in total. The maximum Gasteiger partial charge on any atom is 0.330 e. The summed E-state index contributed by atoms with van der Waals surface area (Å²) in [6.45, 7) is 10.2. The highest BCUT2D eigenvalue weighted by Crippen LogP contribution is 2.45. The second-order valence-electron chi connectivity index (χ2n) is 8.32. The number of carbonyl (C=O) groups excluding carboxylic acids is 1. The van der Waals surface area contributed by atoms with E-state index in [2.05, 4.69) is 25.8 Å². The molecule has 26 heavy (non-hydrogen) atoms. The van der Waals surface area contributed by atoms with Gasteiger partial charge >= 0.3 is 11.9 Å². The number of fused-ring (bicyclic) bond motifs is 1. The molecule has 2 rings (SSSR count). The molecular weight excluding hydrogens is 330 g/mol. The summed E-state index contributed by atoms with van der Waals surface area (Å²) in [5, 5.41) is 8.84. The molecule has 1 aliphatic heterocycles. The fourth-order valence-corrected chi connectivity index (χ4v) is 4.56. The third-order valence-electron chi connectivity index (χ3n) is 6.13. The number of rotatable bonds is 6. The van der Waals surface area contributed by atoms with E-state index in [1.54, 1.807) is 19.1 Å². The Kier molecular flexibility index (Phi) is 7.04. The largest absolute Gasteiger partial charge is 0.478 e. The number of piperidine rings is 1. The van der Waals surface area contributed by atoms with Gasteiger partial charge in [0.15, 0.2) is 0 Å². The van der Waals surface area contributed by atoms with Gasteiger partial charge < -0.3 is 14.7 Å². The highest BCUT2D eigenvalue weighted by atomic mass is 16.5. The molecule has 0 radical (unpaired) electrons. The van der Waals surface area contributed by atoms with Crippen molar-refractivity contribution >= 4 is 11.9 Å². The molecule has 5 atom stereocenters. The lowest BCUT2D eigenvalue weighted by molar-refractivity contribution is -0.144. The van der Waals surface area contributed by atoms with Crippen LogP contribution in [0.25, 0.3) is 0 Å². The topological polar surface area (TPSA) is 66.8 Å². The first-order valence-electron chi connectivity index (χ1n) is 9.65. The molecular formula is C21H33NO4. The number of carboxylic acids is 1. The molecule has 1 saturated carbocycles. The van der Waals surface area contributed by atoms with Gasteiger partial charge in [-0.15, -0.1) is 0 Å². The number of esters is 1. The van der Waals surface area contributed by atoms with Gasteiger partial charge in [0.05, 0.1) is 0 Å². The number of nitrogens with zero attached hydrogens (tertiary/aromatic N) is 1. The molecule has 146 valence electrons. The van der Waals surface area contributed by atoms with Crippen molar-refractivity contribution in [2.24, 2.45) is 23.7 Å². The smallest absolute Gasteiger partial charge is 0.330 e. The van der Waals surface area contributed by atoms with Gasteiger partial charge in [-0.1, -0.05) is 25.5 Å². The van der Waals surface area contributed by atoms with Crippen LogP contribution in [0.15, 0.2) is 23.3 Å². The lowest BCUT2D eigenvalue weighted by Crippen LogP contribution is -2.42. The van der Waals surface area contributed by atoms with E-state index in [1.165, 1.54) is 0 Å². The Morgan fingerprint density at radius 3 is 2.54 bits per heavy atom. The van der Waals surface area contributed by atoms with Crippen molar-refractivity contribution in [3.63, 3.8) is 0 Å². The van der Waals surface area contributed by atoms with Crippen molar-refractivity contribution in [1.29, 1.82) is 0 Å². The molecule has 2 fully saturated rings. The van der Waals surface area contributed by atoms with E-state index in [1.807, 2.05) is 6.92 Å². The van der Waals surface area contributed by atoms with Crippen LogP contribution in [0, 0.1) is 23.7 Å². The van der Waals surface area contributed by atoms with Crippen LogP contribution in [0.3, 0.4) is 0 Å². The molecule has 5 unspecified atom stereocenters. The van der Waals surface area contributed by atoms with Crippen LogP contribution in [-0.2, 0) is 14.3 Å². The lowest BCUT2D eigenvalue weighted by atomic mass is 9.79. The van der Waals surface area contributed by atoms with Crippen LogP contribution >= 0.6 is 0 Å². The fraction of sp³-hybridized carbons (Fsp3) is 0.714. The highest BCUT2D eigenvalue weighted by molar-refractivity contribution is 5.85. The summed E-state index contributed by atoms with van der Waals surface area (Å²) in [7, 11) is 2.17. The molecule has 1 aliphatic carbocycles. The van der Waals surface area contributed by atoms with Crippen LogP contribution in [0.5, 0.6) is 0 Å². The average molecular weight is 363 g/mol. The molecule has 2 aliphatic rings. The summed E-state index contributed by atoms with van der Waals surface area (Å²) < 4.78 is 5.79. The van der Waals surface area contributed by atoms with Crippen LogP contribution in [0.4, 0.5) is 0 Å². The molecule has 1 heterocycles. The van der Waals surface area contributed by atoms with E-state index >= 15 is 0 Å². The molecule has 1 saturated heterocycles. The van der Waals surface area contributed by atoms with E-state index in [-0.39, 0.29) is 12.1 Å². The first-order chi connectivity index (χ1) is 12.2. The molecule has 5 heteroatoms. The third-order valence-corrected chi connectivity index (χ3v) is 6.13. The van der Waals surface area contributed by atoms with Gasteiger partial charge in [0.1, 0.15) is 6.10 Å². The first-order valence-corrected chi connectivity index (χ1v) is 9.65.